The molecular weight excluding hydrogens is 268 g/mol. The molecule has 0 heterocycles. The van der Waals surface area contributed by atoms with Gasteiger partial charge in [-0.2, -0.15) is 0 Å². The maximum absolute atomic E-state index is 12.3. The van der Waals surface area contributed by atoms with E-state index in [1.165, 1.54) is 0 Å². The summed E-state index contributed by atoms with van der Waals surface area (Å²) in [5, 5.41) is 12.8. The van der Waals surface area contributed by atoms with Crippen LogP contribution in [0.4, 0.5) is 5.69 Å². The van der Waals surface area contributed by atoms with Gasteiger partial charge >= 0.3 is 0 Å². The largest absolute Gasteiger partial charge is 0.497 e. The van der Waals surface area contributed by atoms with Gasteiger partial charge in [0, 0.05) is 12.2 Å². The molecule has 0 aromatic heterocycles. The summed E-state index contributed by atoms with van der Waals surface area (Å²) >= 11 is 0. The van der Waals surface area contributed by atoms with Crippen molar-refractivity contribution >= 4 is 11.6 Å². The van der Waals surface area contributed by atoms with E-state index in [-0.39, 0.29) is 11.9 Å². The van der Waals surface area contributed by atoms with E-state index in [9.17, 15) is 9.90 Å². The van der Waals surface area contributed by atoms with Crippen molar-refractivity contribution in [3.8, 4) is 5.75 Å². The Hall–Kier alpha value is -1.59. The number of aliphatic hydroxyl groups is 1. The summed E-state index contributed by atoms with van der Waals surface area (Å²) in [7, 11) is 1.60. The summed E-state index contributed by atoms with van der Waals surface area (Å²) in [6.07, 6.45) is 0. The number of ether oxygens (including phenoxy) is 1. The van der Waals surface area contributed by atoms with Crippen molar-refractivity contribution in [3.63, 3.8) is 0 Å². The number of likely N-dealkylation sites (N-methyl/N-ethyl adjacent to an activating group) is 1. The Labute approximate surface area is 126 Å². The highest BCUT2D eigenvalue weighted by Gasteiger charge is 2.25. The van der Waals surface area contributed by atoms with Gasteiger partial charge in [-0.1, -0.05) is 6.92 Å². The van der Waals surface area contributed by atoms with Gasteiger partial charge in [-0.15, -0.1) is 0 Å². The summed E-state index contributed by atoms with van der Waals surface area (Å²) < 4.78 is 5.08. The number of nitrogens with one attached hydrogen (secondary N) is 1. The number of hydrogen-bond donors (Lipinski definition) is 2. The Morgan fingerprint density at radius 3 is 2.38 bits per heavy atom. The van der Waals surface area contributed by atoms with Crippen molar-refractivity contribution in [1.29, 1.82) is 0 Å². The van der Waals surface area contributed by atoms with Gasteiger partial charge in [0.05, 0.1) is 18.8 Å². The molecule has 118 valence electrons. The van der Waals surface area contributed by atoms with E-state index >= 15 is 0 Å². The fourth-order valence-electron chi connectivity index (χ4n) is 2.11. The SMILES string of the molecule is CCN(CC(C)(C)O)C(C)C(=O)Nc1ccc(OC)cc1. The standard InChI is InChI=1S/C16H26N2O3/c1-6-18(11-16(3,4)20)12(2)15(19)17-13-7-9-14(21-5)10-8-13/h7-10,12,20H,6,11H2,1-5H3,(H,17,19). The summed E-state index contributed by atoms with van der Waals surface area (Å²) in [5.74, 6) is 0.657. The molecule has 0 bridgehead atoms. The first-order chi connectivity index (χ1) is 9.76. The van der Waals surface area contributed by atoms with Crippen molar-refractivity contribution in [2.45, 2.75) is 39.3 Å². The highest BCUT2D eigenvalue weighted by Crippen LogP contribution is 2.16. The summed E-state index contributed by atoms with van der Waals surface area (Å²) in [4.78, 5) is 14.2. The van der Waals surface area contributed by atoms with Crippen molar-refractivity contribution < 1.29 is 14.6 Å². The van der Waals surface area contributed by atoms with Crippen LogP contribution in [-0.4, -0.2) is 47.8 Å². The second-order valence-corrected chi connectivity index (χ2v) is 5.77. The lowest BCUT2D eigenvalue weighted by molar-refractivity contribution is -0.121. The van der Waals surface area contributed by atoms with Crippen LogP contribution in [0.3, 0.4) is 0 Å². The molecule has 5 heteroatoms. The lowest BCUT2D eigenvalue weighted by Crippen LogP contribution is -2.48. The average molecular weight is 294 g/mol. The third-order valence-electron chi connectivity index (χ3n) is 3.28. The number of carbonyl (C=O) groups excluding carboxylic acids is 1. The quantitative estimate of drug-likeness (QED) is 0.808. The number of carbonyl (C=O) groups is 1. The molecule has 0 saturated heterocycles. The predicted molar refractivity (Wildman–Crippen MR) is 84.6 cm³/mol. The minimum atomic E-state index is -0.829. The van der Waals surface area contributed by atoms with Gasteiger partial charge in [-0.05, 0) is 51.6 Å². The number of benzene rings is 1. The summed E-state index contributed by atoms with van der Waals surface area (Å²) in [6.45, 7) is 8.44. The highest BCUT2D eigenvalue weighted by atomic mass is 16.5. The van der Waals surface area contributed by atoms with E-state index in [2.05, 4.69) is 5.32 Å². The molecule has 1 unspecified atom stereocenters. The van der Waals surface area contributed by atoms with Gasteiger partial charge < -0.3 is 15.2 Å². The molecule has 5 nitrogen and oxygen atoms in total. The molecule has 0 aliphatic rings. The zero-order chi connectivity index (χ0) is 16.0. The smallest absolute Gasteiger partial charge is 0.241 e. The fraction of sp³-hybridized carbons (Fsp3) is 0.562. The minimum absolute atomic E-state index is 0.0914. The van der Waals surface area contributed by atoms with Gasteiger partial charge in [-0.25, -0.2) is 0 Å². The van der Waals surface area contributed by atoms with E-state index < -0.39 is 5.60 Å². The number of nitrogens with zero attached hydrogens (tertiary/aromatic N) is 1. The molecule has 0 aliphatic heterocycles. The normalized spacial score (nSPS) is 13.1. The number of anilines is 1. The molecule has 21 heavy (non-hydrogen) atoms. The first-order valence-corrected chi connectivity index (χ1v) is 7.18. The first-order valence-electron chi connectivity index (χ1n) is 7.18. The second kappa shape index (κ2) is 7.43. The Balaban J connectivity index is 2.67. The predicted octanol–water partition coefficient (Wildman–Crippen LogP) is 2.11. The Morgan fingerprint density at radius 1 is 1.38 bits per heavy atom. The third kappa shape index (κ3) is 5.73. The fourth-order valence-corrected chi connectivity index (χ4v) is 2.11. The van der Waals surface area contributed by atoms with E-state index in [1.54, 1.807) is 45.2 Å². The van der Waals surface area contributed by atoms with Crippen LogP contribution >= 0.6 is 0 Å². The van der Waals surface area contributed by atoms with E-state index in [1.807, 2.05) is 18.7 Å². The van der Waals surface area contributed by atoms with Gasteiger partial charge in [-0.3, -0.25) is 9.69 Å². The highest BCUT2D eigenvalue weighted by molar-refractivity contribution is 5.94. The lowest BCUT2D eigenvalue weighted by atomic mass is 10.1. The topological polar surface area (TPSA) is 61.8 Å². The number of rotatable bonds is 7. The molecule has 1 atom stereocenters. The molecule has 0 aliphatic carbocycles. The number of methoxy groups -OCH3 is 1. The van der Waals surface area contributed by atoms with Gasteiger partial charge in [0.1, 0.15) is 5.75 Å². The first kappa shape index (κ1) is 17.5. The molecule has 0 radical (unpaired) electrons. The van der Waals surface area contributed by atoms with Crippen LogP contribution < -0.4 is 10.1 Å². The number of amides is 1. The molecule has 1 amide bonds. The van der Waals surface area contributed by atoms with Crippen LogP contribution in [0.15, 0.2) is 24.3 Å². The molecule has 1 aromatic carbocycles. The van der Waals surface area contributed by atoms with E-state index in [0.29, 0.717) is 13.1 Å². The third-order valence-corrected chi connectivity index (χ3v) is 3.28. The lowest BCUT2D eigenvalue weighted by Gasteiger charge is -2.32. The van der Waals surface area contributed by atoms with E-state index in [4.69, 9.17) is 4.74 Å². The van der Waals surface area contributed by atoms with Crippen LogP contribution in [0, 0.1) is 0 Å². The molecule has 1 rings (SSSR count). The maximum atomic E-state index is 12.3. The average Bonchev–Trinajstić information content (AvgIpc) is 2.43. The van der Waals surface area contributed by atoms with Gasteiger partial charge in [0.25, 0.3) is 0 Å². The van der Waals surface area contributed by atoms with Crippen molar-refractivity contribution in [2.75, 3.05) is 25.5 Å². The van der Waals surface area contributed by atoms with Crippen LogP contribution in [0.2, 0.25) is 0 Å². The Kier molecular flexibility index (Phi) is 6.18. The number of hydrogen-bond acceptors (Lipinski definition) is 4. The minimum Gasteiger partial charge on any atom is -0.497 e. The molecule has 0 fully saturated rings. The molecule has 1 aromatic rings. The Bertz CT molecular complexity index is 452. The van der Waals surface area contributed by atoms with Crippen LogP contribution in [0.5, 0.6) is 5.75 Å². The maximum Gasteiger partial charge on any atom is 0.241 e. The van der Waals surface area contributed by atoms with Crippen molar-refractivity contribution in [1.82, 2.24) is 4.90 Å². The Morgan fingerprint density at radius 2 is 1.95 bits per heavy atom. The molecule has 0 saturated carbocycles. The summed E-state index contributed by atoms with van der Waals surface area (Å²) in [5.41, 5.74) is -0.100. The van der Waals surface area contributed by atoms with Gasteiger partial charge in [0.2, 0.25) is 5.91 Å². The summed E-state index contributed by atoms with van der Waals surface area (Å²) in [6, 6.07) is 6.89. The van der Waals surface area contributed by atoms with Crippen LogP contribution in [0.1, 0.15) is 27.7 Å². The van der Waals surface area contributed by atoms with Crippen molar-refractivity contribution in [3.05, 3.63) is 24.3 Å². The van der Waals surface area contributed by atoms with Crippen LogP contribution in [-0.2, 0) is 4.79 Å². The second-order valence-electron chi connectivity index (χ2n) is 5.77. The van der Waals surface area contributed by atoms with Crippen molar-refractivity contribution in [2.24, 2.45) is 0 Å². The van der Waals surface area contributed by atoms with Crippen LogP contribution in [0.25, 0.3) is 0 Å². The van der Waals surface area contributed by atoms with E-state index in [0.717, 1.165) is 11.4 Å². The molecular formula is C16H26N2O3. The monoisotopic (exact) mass is 294 g/mol. The molecule has 0 spiro atoms. The zero-order valence-electron chi connectivity index (χ0n) is 13.5. The molecule has 2 N–H and O–H groups in total. The zero-order valence-corrected chi connectivity index (χ0v) is 13.5. The van der Waals surface area contributed by atoms with Gasteiger partial charge in [0.15, 0.2) is 0 Å².